The number of fused-ring (bicyclic) bond motifs is 1. The molecule has 0 aliphatic carbocycles. The predicted octanol–water partition coefficient (Wildman–Crippen LogP) is 6.78. The van der Waals surface area contributed by atoms with Crippen LogP contribution in [0, 0.1) is 0 Å². The van der Waals surface area contributed by atoms with Crippen LogP contribution in [-0.2, 0) is 4.79 Å². The molecule has 2 amide bonds. The highest BCUT2D eigenvalue weighted by Gasteiger charge is 2.40. The molecule has 1 unspecified atom stereocenters. The van der Waals surface area contributed by atoms with Crippen molar-refractivity contribution in [2.24, 2.45) is 0 Å². The van der Waals surface area contributed by atoms with Gasteiger partial charge in [-0.2, -0.15) is 0 Å². The second-order valence-electron chi connectivity index (χ2n) is 9.43. The van der Waals surface area contributed by atoms with Crippen LogP contribution in [0.15, 0.2) is 97.1 Å². The number of carboxylic acid groups (broad SMARTS) is 1. The number of hydrogen-bond donors (Lipinski definition) is 2. The number of para-hydroxylation sites is 1. The number of anilines is 1. The molecule has 0 spiro atoms. The van der Waals surface area contributed by atoms with E-state index < -0.39 is 12.0 Å². The minimum absolute atomic E-state index is 0.262. The molecule has 39 heavy (non-hydrogen) atoms. The summed E-state index contributed by atoms with van der Waals surface area (Å²) in [4.78, 5) is 39.2. The summed E-state index contributed by atoms with van der Waals surface area (Å²) < 4.78 is 5.83. The van der Waals surface area contributed by atoms with Crippen molar-refractivity contribution in [3.8, 4) is 22.6 Å². The fourth-order valence-electron chi connectivity index (χ4n) is 4.93. The van der Waals surface area contributed by atoms with Gasteiger partial charge in [0, 0.05) is 16.8 Å². The molecule has 7 heteroatoms. The third-order valence-corrected chi connectivity index (χ3v) is 6.94. The number of hydrogen-bond acceptors (Lipinski definition) is 4. The molecule has 2 N–H and O–H groups in total. The Morgan fingerprint density at radius 3 is 2.28 bits per heavy atom. The Morgan fingerprint density at radius 2 is 1.59 bits per heavy atom. The Balaban J connectivity index is 1.29. The maximum absolute atomic E-state index is 13.1. The third-order valence-electron chi connectivity index (χ3n) is 6.94. The van der Waals surface area contributed by atoms with Crippen molar-refractivity contribution in [1.82, 2.24) is 4.90 Å². The van der Waals surface area contributed by atoms with Crippen LogP contribution in [0.3, 0.4) is 0 Å². The monoisotopic (exact) mass is 520 g/mol. The standard InChI is InChI=1S/C32H28N2O5/c1-3-29(32(37)38)34-20(2)27-17-14-22(19-28(27)31(34)36)21-12-15-24(16-13-21)33-30(35)23-8-7-11-26(18-23)39-25-9-5-4-6-10-25/h4-20,29H,3H2,1-2H3,(H,33,35)(H,37,38)/t20-,29?/m0/s1. The lowest BCUT2D eigenvalue weighted by Gasteiger charge is -2.28. The summed E-state index contributed by atoms with van der Waals surface area (Å²) in [5.41, 5.74) is 4.15. The molecule has 1 aliphatic rings. The average Bonchev–Trinajstić information content (AvgIpc) is 3.19. The summed E-state index contributed by atoms with van der Waals surface area (Å²) >= 11 is 0. The van der Waals surface area contributed by atoms with Crippen LogP contribution >= 0.6 is 0 Å². The Kier molecular flexibility index (Phi) is 7.14. The van der Waals surface area contributed by atoms with Crippen LogP contribution < -0.4 is 10.1 Å². The quantitative estimate of drug-likeness (QED) is 0.267. The van der Waals surface area contributed by atoms with Crippen LogP contribution in [0.5, 0.6) is 11.5 Å². The second-order valence-corrected chi connectivity index (χ2v) is 9.43. The second kappa shape index (κ2) is 10.8. The number of rotatable bonds is 8. The fourth-order valence-corrected chi connectivity index (χ4v) is 4.93. The van der Waals surface area contributed by atoms with Gasteiger partial charge in [-0.25, -0.2) is 4.79 Å². The number of amides is 2. The summed E-state index contributed by atoms with van der Waals surface area (Å²) in [6, 6.07) is 28.2. The molecular formula is C32H28N2O5. The van der Waals surface area contributed by atoms with Crippen LogP contribution in [-0.4, -0.2) is 33.8 Å². The topological polar surface area (TPSA) is 95.9 Å². The molecule has 0 saturated carbocycles. The number of carboxylic acids is 1. The average molecular weight is 521 g/mol. The molecule has 4 aromatic carbocycles. The van der Waals surface area contributed by atoms with E-state index in [0.717, 1.165) is 16.7 Å². The predicted molar refractivity (Wildman–Crippen MR) is 149 cm³/mol. The van der Waals surface area contributed by atoms with Gasteiger partial charge in [-0.15, -0.1) is 0 Å². The lowest BCUT2D eigenvalue weighted by Crippen LogP contribution is -2.42. The van der Waals surface area contributed by atoms with Gasteiger partial charge in [-0.3, -0.25) is 9.59 Å². The Morgan fingerprint density at radius 1 is 0.897 bits per heavy atom. The van der Waals surface area contributed by atoms with E-state index in [-0.39, 0.29) is 17.9 Å². The van der Waals surface area contributed by atoms with Gasteiger partial charge in [0.05, 0.1) is 6.04 Å². The van der Waals surface area contributed by atoms with Gasteiger partial charge in [0.1, 0.15) is 17.5 Å². The smallest absolute Gasteiger partial charge is 0.326 e. The van der Waals surface area contributed by atoms with E-state index in [0.29, 0.717) is 34.7 Å². The highest BCUT2D eigenvalue weighted by Crippen LogP contribution is 2.38. The lowest BCUT2D eigenvalue weighted by atomic mass is 9.98. The van der Waals surface area contributed by atoms with Crippen LogP contribution in [0.25, 0.3) is 11.1 Å². The first-order chi connectivity index (χ1) is 18.9. The molecule has 1 heterocycles. The lowest BCUT2D eigenvalue weighted by molar-refractivity contribution is -0.143. The van der Waals surface area contributed by atoms with Gasteiger partial charge in [0.2, 0.25) is 0 Å². The molecule has 1 aliphatic heterocycles. The van der Waals surface area contributed by atoms with Crippen LogP contribution in [0.4, 0.5) is 5.69 Å². The molecule has 5 rings (SSSR count). The minimum Gasteiger partial charge on any atom is -0.480 e. The molecule has 0 aromatic heterocycles. The SMILES string of the molecule is CCC(C(=O)O)N1C(=O)c2cc(-c3ccc(NC(=O)c4cccc(Oc5ccccc5)c4)cc3)ccc2[C@@H]1C. The Hall–Kier alpha value is -4.91. The van der Waals surface area contributed by atoms with Gasteiger partial charge >= 0.3 is 5.97 Å². The highest BCUT2D eigenvalue weighted by molar-refractivity contribution is 6.05. The summed E-state index contributed by atoms with van der Waals surface area (Å²) in [6.45, 7) is 3.62. The van der Waals surface area contributed by atoms with Gasteiger partial charge < -0.3 is 20.1 Å². The number of carbonyl (C=O) groups is 3. The molecule has 196 valence electrons. The minimum atomic E-state index is -1.00. The summed E-state index contributed by atoms with van der Waals surface area (Å²) in [7, 11) is 0. The number of benzene rings is 4. The molecule has 0 fully saturated rings. The van der Waals surface area contributed by atoms with E-state index in [1.807, 2.05) is 67.6 Å². The van der Waals surface area contributed by atoms with Gasteiger partial charge in [0.25, 0.3) is 11.8 Å². The van der Waals surface area contributed by atoms with E-state index in [1.165, 1.54) is 4.90 Å². The molecule has 7 nitrogen and oxygen atoms in total. The normalized spacial score (nSPS) is 15.0. The van der Waals surface area contributed by atoms with E-state index in [9.17, 15) is 19.5 Å². The molecule has 4 aromatic rings. The number of nitrogens with one attached hydrogen (secondary N) is 1. The number of ether oxygens (including phenoxy) is 1. The van der Waals surface area contributed by atoms with Crippen molar-refractivity contribution in [3.05, 3.63) is 114 Å². The van der Waals surface area contributed by atoms with Crippen LogP contribution in [0.1, 0.15) is 52.6 Å². The van der Waals surface area contributed by atoms with E-state index >= 15 is 0 Å². The van der Waals surface area contributed by atoms with Crippen LogP contribution in [0.2, 0.25) is 0 Å². The number of nitrogens with zero attached hydrogens (tertiary/aromatic N) is 1. The molecule has 0 saturated heterocycles. The zero-order chi connectivity index (χ0) is 27.5. The van der Waals surface area contributed by atoms with Crippen molar-refractivity contribution < 1.29 is 24.2 Å². The summed E-state index contributed by atoms with van der Waals surface area (Å²) in [6.07, 6.45) is 0.337. The zero-order valence-electron chi connectivity index (χ0n) is 21.6. The molecule has 0 radical (unpaired) electrons. The fraction of sp³-hybridized carbons (Fsp3) is 0.156. The number of carbonyl (C=O) groups excluding carboxylic acids is 2. The maximum Gasteiger partial charge on any atom is 0.326 e. The third kappa shape index (κ3) is 5.25. The van der Waals surface area contributed by atoms with E-state index in [2.05, 4.69) is 5.32 Å². The van der Waals surface area contributed by atoms with Gasteiger partial charge in [0.15, 0.2) is 0 Å². The summed E-state index contributed by atoms with van der Waals surface area (Å²) in [5, 5.41) is 12.5. The Bertz CT molecular complexity index is 1530. The van der Waals surface area contributed by atoms with Crippen molar-refractivity contribution >= 4 is 23.5 Å². The largest absolute Gasteiger partial charge is 0.480 e. The van der Waals surface area contributed by atoms with Gasteiger partial charge in [-0.05, 0) is 78.6 Å². The number of aliphatic carboxylic acids is 1. The Labute approximate surface area is 226 Å². The first kappa shape index (κ1) is 25.7. The first-order valence-corrected chi connectivity index (χ1v) is 12.8. The molecule has 2 atom stereocenters. The van der Waals surface area contributed by atoms with Crippen molar-refractivity contribution in [1.29, 1.82) is 0 Å². The van der Waals surface area contributed by atoms with Crippen molar-refractivity contribution in [2.75, 3.05) is 5.32 Å². The highest BCUT2D eigenvalue weighted by atomic mass is 16.5. The first-order valence-electron chi connectivity index (χ1n) is 12.8. The zero-order valence-corrected chi connectivity index (χ0v) is 21.6. The van der Waals surface area contributed by atoms with Gasteiger partial charge in [-0.1, -0.05) is 55.5 Å². The van der Waals surface area contributed by atoms with Crippen molar-refractivity contribution in [3.63, 3.8) is 0 Å². The molecule has 0 bridgehead atoms. The maximum atomic E-state index is 13.1. The van der Waals surface area contributed by atoms with Crippen molar-refractivity contribution in [2.45, 2.75) is 32.4 Å². The molecular weight excluding hydrogens is 492 g/mol. The summed E-state index contributed by atoms with van der Waals surface area (Å²) in [5.74, 6) is -0.276. The van der Waals surface area contributed by atoms with E-state index in [1.54, 1.807) is 43.3 Å². The van der Waals surface area contributed by atoms with E-state index in [4.69, 9.17) is 4.74 Å².